The molecule has 0 amide bonds. The van der Waals surface area contributed by atoms with Gasteiger partial charge in [-0.1, -0.05) is 30.3 Å². The summed E-state index contributed by atoms with van der Waals surface area (Å²) in [6.45, 7) is 0.209. The number of benzene rings is 2. The molecule has 2 heteroatoms. The third kappa shape index (κ3) is 2.17. The van der Waals surface area contributed by atoms with Gasteiger partial charge in [-0.05, 0) is 52.1 Å². The fourth-order valence-corrected chi connectivity index (χ4v) is 2.91. The van der Waals surface area contributed by atoms with Gasteiger partial charge in [-0.2, -0.15) is 0 Å². The Hall–Kier alpha value is -1.64. The van der Waals surface area contributed by atoms with Crippen molar-refractivity contribution in [3.63, 3.8) is 0 Å². The molecule has 0 aliphatic rings. The molecule has 0 fully saturated rings. The van der Waals surface area contributed by atoms with Crippen LogP contribution in [0.15, 0.2) is 53.9 Å². The van der Waals surface area contributed by atoms with Crippen molar-refractivity contribution in [2.45, 2.75) is 6.42 Å². The van der Waals surface area contributed by atoms with E-state index in [2.05, 4.69) is 53.9 Å². The second-order valence-electron chi connectivity index (χ2n) is 4.34. The molecule has 3 aromatic rings. The maximum Gasteiger partial charge on any atom is 0.0471 e. The molecule has 0 saturated carbocycles. The molecule has 0 bridgehead atoms. The summed E-state index contributed by atoms with van der Waals surface area (Å²) in [4.78, 5) is 0. The third-order valence-corrected chi connectivity index (χ3v) is 4.04. The van der Waals surface area contributed by atoms with Crippen molar-refractivity contribution < 1.29 is 5.11 Å². The molecular weight excluding hydrogens is 240 g/mol. The summed E-state index contributed by atoms with van der Waals surface area (Å²) in [5.74, 6) is 0. The van der Waals surface area contributed by atoms with Crippen LogP contribution in [0.5, 0.6) is 0 Å². The molecule has 1 heterocycles. The first-order chi connectivity index (χ1) is 8.86. The monoisotopic (exact) mass is 254 g/mol. The van der Waals surface area contributed by atoms with Crippen LogP contribution in [0.4, 0.5) is 0 Å². The summed E-state index contributed by atoms with van der Waals surface area (Å²) in [6.07, 6.45) is 0.726. The van der Waals surface area contributed by atoms with E-state index in [0.29, 0.717) is 0 Å². The van der Waals surface area contributed by atoms with Crippen molar-refractivity contribution >= 4 is 21.4 Å². The Labute approximate surface area is 110 Å². The molecule has 1 N–H and O–H groups in total. The lowest BCUT2D eigenvalue weighted by atomic mass is 10.0. The quantitative estimate of drug-likeness (QED) is 0.746. The van der Waals surface area contributed by atoms with E-state index in [1.807, 2.05) is 0 Å². The predicted octanol–water partition coefficient (Wildman–Crippen LogP) is 4.10. The highest BCUT2D eigenvalue weighted by atomic mass is 32.1. The van der Waals surface area contributed by atoms with Gasteiger partial charge >= 0.3 is 0 Å². The van der Waals surface area contributed by atoms with Crippen LogP contribution in [0, 0.1) is 0 Å². The minimum absolute atomic E-state index is 0.209. The van der Waals surface area contributed by atoms with Gasteiger partial charge in [-0.3, -0.25) is 0 Å². The molecule has 0 aliphatic carbocycles. The topological polar surface area (TPSA) is 20.2 Å². The first-order valence-electron chi connectivity index (χ1n) is 6.04. The van der Waals surface area contributed by atoms with Crippen molar-refractivity contribution in [2.24, 2.45) is 0 Å². The zero-order chi connectivity index (χ0) is 12.4. The number of hydrogen-bond acceptors (Lipinski definition) is 2. The number of aliphatic hydroxyl groups is 1. The van der Waals surface area contributed by atoms with Gasteiger partial charge in [0.1, 0.15) is 0 Å². The second-order valence-corrected chi connectivity index (χ2v) is 5.29. The number of fused-ring (bicyclic) bond motifs is 1. The van der Waals surface area contributed by atoms with Crippen LogP contribution in [0.25, 0.3) is 21.2 Å². The van der Waals surface area contributed by atoms with Crippen molar-refractivity contribution in [2.75, 3.05) is 6.61 Å². The molecule has 0 aliphatic heterocycles. The summed E-state index contributed by atoms with van der Waals surface area (Å²) in [6, 6.07) is 17.1. The highest BCUT2D eigenvalue weighted by Crippen LogP contribution is 2.27. The van der Waals surface area contributed by atoms with Crippen LogP contribution in [-0.2, 0) is 6.42 Å². The lowest BCUT2D eigenvalue weighted by molar-refractivity contribution is 0.299. The first kappa shape index (κ1) is 11.5. The Balaban J connectivity index is 1.97. The molecule has 2 aromatic carbocycles. The number of rotatable bonds is 3. The molecule has 1 aromatic heterocycles. The maximum absolute atomic E-state index is 8.90. The van der Waals surface area contributed by atoms with Gasteiger partial charge in [0.15, 0.2) is 0 Å². The molecule has 90 valence electrons. The number of hydrogen-bond donors (Lipinski definition) is 1. The summed E-state index contributed by atoms with van der Waals surface area (Å²) in [5.41, 5.74) is 3.65. The van der Waals surface area contributed by atoms with E-state index >= 15 is 0 Å². The van der Waals surface area contributed by atoms with E-state index in [-0.39, 0.29) is 6.61 Å². The largest absolute Gasteiger partial charge is 0.396 e. The minimum atomic E-state index is 0.209. The highest BCUT2D eigenvalue weighted by Gasteiger charge is 2.01. The molecule has 1 nitrogen and oxygen atoms in total. The Kier molecular flexibility index (Phi) is 3.13. The lowest BCUT2D eigenvalue weighted by Crippen LogP contribution is -1.89. The van der Waals surface area contributed by atoms with Crippen LogP contribution in [0.1, 0.15) is 5.56 Å². The van der Waals surface area contributed by atoms with Crippen molar-refractivity contribution in [3.8, 4) is 11.1 Å². The standard InChI is InChI=1S/C16H14OS/c17-9-7-12-1-3-13(4-2-12)14-5-6-16-15(11-14)8-10-18-16/h1-6,8,10-11,17H,7,9H2. The maximum atomic E-state index is 8.90. The molecule has 0 atom stereocenters. The Morgan fingerprint density at radius 2 is 1.67 bits per heavy atom. The van der Waals surface area contributed by atoms with Crippen molar-refractivity contribution in [3.05, 3.63) is 59.5 Å². The normalized spacial score (nSPS) is 10.9. The van der Waals surface area contributed by atoms with Gasteiger partial charge in [0, 0.05) is 11.3 Å². The molecule has 0 radical (unpaired) electrons. The molecular formula is C16H14OS. The van der Waals surface area contributed by atoms with Crippen LogP contribution in [0.3, 0.4) is 0 Å². The fraction of sp³-hybridized carbons (Fsp3) is 0.125. The van der Waals surface area contributed by atoms with Crippen LogP contribution < -0.4 is 0 Å². The molecule has 0 saturated heterocycles. The first-order valence-corrected chi connectivity index (χ1v) is 6.92. The van der Waals surface area contributed by atoms with Gasteiger partial charge in [0.05, 0.1) is 0 Å². The summed E-state index contributed by atoms with van der Waals surface area (Å²) in [5, 5.41) is 12.3. The molecule has 3 rings (SSSR count). The minimum Gasteiger partial charge on any atom is -0.396 e. The third-order valence-electron chi connectivity index (χ3n) is 3.14. The van der Waals surface area contributed by atoms with Crippen LogP contribution >= 0.6 is 11.3 Å². The number of aliphatic hydroxyl groups excluding tert-OH is 1. The highest BCUT2D eigenvalue weighted by molar-refractivity contribution is 7.17. The van der Waals surface area contributed by atoms with E-state index in [1.54, 1.807) is 11.3 Å². The Bertz CT molecular complexity index is 652. The van der Waals surface area contributed by atoms with Gasteiger partial charge in [-0.25, -0.2) is 0 Å². The van der Waals surface area contributed by atoms with Gasteiger partial charge in [0.25, 0.3) is 0 Å². The average Bonchev–Trinajstić information content (AvgIpc) is 2.87. The second kappa shape index (κ2) is 4.92. The van der Waals surface area contributed by atoms with Crippen molar-refractivity contribution in [1.82, 2.24) is 0 Å². The van der Waals surface area contributed by atoms with E-state index in [4.69, 9.17) is 5.11 Å². The fourth-order valence-electron chi connectivity index (χ4n) is 2.14. The van der Waals surface area contributed by atoms with Gasteiger partial charge < -0.3 is 5.11 Å². The van der Waals surface area contributed by atoms with Gasteiger partial charge in [-0.15, -0.1) is 11.3 Å². The summed E-state index contributed by atoms with van der Waals surface area (Å²) in [7, 11) is 0. The summed E-state index contributed by atoms with van der Waals surface area (Å²) < 4.78 is 1.33. The zero-order valence-electron chi connectivity index (χ0n) is 9.97. The van der Waals surface area contributed by atoms with Crippen LogP contribution in [0.2, 0.25) is 0 Å². The zero-order valence-corrected chi connectivity index (χ0v) is 10.8. The van der Waals surface area contributed by atoms with E-state index in [0.717, 1.165) is 6.42 Å². The van der Waals surface area contributed by atoms with E-state index < -0.39 is 0 Å². The number of thiophene rings is 1. The van der Waals surface area contributed by atoms with E-state index in [9.17, 15) is 0 Å². The molecule has 0 spiro atoms. The molecule has 0 unspecified atom stereocenters. The van der Waals surface area contributed by atoms with E-state index in [1.165, 1.54) is 26.8 Å². The Morgan fingerprint density at radius 1 is 0.889 bits per heavy atom. The lowest BCUT2D eigenvalue weighted by Gasteiger charge is -2.04. The Morgan fingerprint density at radius 3 is 2.44 bits per heavy atom. The van der Waals surface area contributed by atoms with Crippen molar-refractivity contribution in [1.29, 1.82) is 0 Å². The molecule has 18 heavy (non-hydrogen) atoms. The van der Waals surface area contributed by atoms with Crippen LogP contribution in [-0.4, -0.2) is 11.7 Å². The summed E-state index contributed by atoms with van der Waals surface area (Å²) >= 11 is 1.77. The smallest absolute Gasteiger partial charge is 0.0471 e. The SMILES string of the molecule is OCCc1ccc(-c2ccc3sccc3c2)cc1. The average molecular weight is 254 g/mol. The van der Waals surface area contributed by atoms with Gasteiger partial charge in [0.2, 0.25) is 0 Å². The predicted molar refractivity (Wildman–Crippen MR) is 78.1 cm³/mol.